The summed E-state index contributed by atoms with van der Waals surface area (Å²) in [5.41, 5.74) is 0.761. The van der Waals surface area contributed by atoms with Crippen LogP contribution in [0.3, 0.4) is 0 Å². The lowest BCUT2D eigenvalue weighted by atomic mass is 10.1. The minimum absolute atomic E-state index is 0.184. The Hall–Kier alpha value is -3.55. The summed E-state index contributed by atoms with van der Waals surface area (Å²) in [6, 6.07) is 6.74. The molecule has 0 aliphatic heterocycles. The number of aryl methyl sites for hydroxylation is 1. The summed E-state index contributed by atoms with van der Waals surface area (Å²) < 4.78 is 5.19. The molecule has 26 heavy (non-hydrogen) atoms. The summed E-state index contributed by atoms with van der Waals surface area (Å²) >= 11 is 0. The molecule has 0 saturated carbocycles. The van der Waals surface area contributed by atoms with Gasteiger partial charge < -0.3 is 14.9 Å². The van der Waals surface area contributed by atoms with E-state index in [1.54, 1.807) is 30.6 Å². The Balaban J connectivity index is 1.79. The van der Waals surface area contributed by atoms with Gasteiger partial charge in [-0.2, -0.15) is 4.98 Å². The van der Waals surface area contributed by atoms with Crippen LogP contribution < -0.4 is 5.32 Å². The zero-order valence-electron chi connectivity index (χ0n) is 13.9. The van der Waals surface area contributed by atoms with Crippen LogP contribution in [-0.2, 0) is 13.0 Å². The van der Waals surface area contributed by atoms with E-state index in [1.807, 2.05) is 13.0 Å². The fourth-order valence-corrected chi connectivity index (χ4v) is 2.78. The molecule has 8 nitrogen and oxygen atoms in total. The maximum atomic E-state index is 11.3. The molecule has 0 aliphatic rings. The summed E-state index contributed by atoms with van der Waals surface area (Å²) in [4.78, 5) is 24.3. The van der Waals surface area contributed by atoms with E-state index in [1.165, 1.54) is 0 Å². The van der Waals surface area contributed by atoms with E-state index in [4.69, 9.17) is 4.52 Å². The van der Waals surface area contributed by atoms with Gasteiger partial charge in [-0.25, -0.2) is 9.78 Å². The number of aromatic carboxylic acids is 1. The Bertz CT molecular complexity index is 1120. The number of nitrogens with zero attached hydrogens (tertiary/aromatic N) is 4. The fraction of sp³-hybridized carbons (Fsp3) is 0.167. The number of carboxylic acid groups (broad SMARTS) is 1. The van der Waals surface area contributed by atoms with Crippen LogP contribution in [0.15, 0.2) is 41.2 Å². The largest absolute Gasteiger partial charge is 0.478 e. The SMILES string of the molecule is CCc1noc(CNc2nc3cc(C(=O)O)ccc3c3cnccc23)n1. The van der Waals surface area contributed by atoms with E-state index < -0.39 is 5.97 Å². The second-order valence-corrected chi connectivity index (χ2v) is 5.73. The Labute approximate surface area is 147 Å². The van der Waals surface area contributed by atoms with Crippen LogP contribution in [0.25, 0.3) is 21.7 Å². The molecule has 3 aromatic heterocycles. The minimum atomic E-state index is -0.993. The molecule has 0 bridgehead atoms. The molecular weight excluding hydrogens is 334 g/mol. The molecule has 0 radical (unpaired) electrons. The first kappa shape index (κ1) is 15.9. The lowest BCUT2D eigenvalue weighted by Crippen LogP contribution is -2.04. The molecule has 0 amide bonds. The molecule has 0 unspecified atom stereocenters. The molecule has 0 spiro atoms. The van der Waals surface area contributed by atoms with E-state index in [0.717, 1.165) is 16.2 Å². The highest BCUT2D eigenvalue weighted by Gasteiger charge is 2.12. The van der Waals surface area contributed by atoms with Crippen LogP contribution in [0, 0.1) is 0 Å². The van der Waals surface area contributed by atoms with Crippen molar-refractivity contribution in [3.05, 3.63) is 53.9 Å². The van der Waals surface area contributed by atoms with Crippen LogP contribution in [0.2, 0.25) is 0 Å². The molecule has 3 heterocycles. The predicted molar refractivity (Wildman–Crippen MR) is 95.0 cm³/mol. The summed E-state index contributed by atoms with van der Waals surface area (Å²) in [6.07, 6.45) is 4.13. The number of aromatic nitrogens is 4. The highest BCUT2D eigenvalue weighted by atomic mass is 16.5. The molecular formula is C18H15N5O3. The van der Waals surface area contributed by atoms with E-state index in [2.05, 4.69) is 25.4 Å². The quantitative estimate of drug-likeness (QED) is 0.528. The van der Waals surface area contributed by atoms with Gasteiger partial charge >= 0.3 is 5.97 Å². The van der Waals surface area contributed by atoms with E-state index >= 15 is 0 Å². The fourth-order valence-electron chi connectivity index (χ4n) is 2.78. The van der Waals surface area contributed by atoms with Gasteiger partial charge in [-0.1, -0.05) is 18.1 Å². The third kappa shape index (κ3) is 2.81. The van der Waals surface area contributed by atoms with Crippen molar-refractivity contribution in [1.29, 1.82) is 0 Å². The van der Waals surface area contributed by atoms with Crippen molar-refractivity contribution in [2.75, 3.05) is 5.32 Å². The smallest absolute Gasteiger partial charge is 0.335 e. The topological polar surface area (TPSA) is 114 Å². The van der Waals surface area contributed by atoms with Crippen LogP contribution in [-0.4, -0.2) is 31.2 Å². The molecule has 0 fully saturated rings. The third-order valence-corrected chi connectivity index (χ3v) is 4.08. The number of carbonyl (C=O) groups is 1. The molecule has 0 aliphatic carbocycles. The molecule has 0 atom stereocenters. The molecule has 4 aromatic rings. The standard InChI is InChI=1S/C18H15N5O3/c1-2-15-22-16(26-23-15)9-20-17-12-5-6-19-8-13(12)11-4-3-10(18(24)25)7-14(11)21-17/h3-8H,2,9H2,1H3,(H,20,21)(H,24,25). The number of hydrogen-bond donors (Lipinski definition) is 2. The summed E-state index contributed by atoms with van der Waals surface area (Å²) in [5.74, 6) is 0.722. The van der Waals surface area contributed by atoms with Gasteiger partial charge in [0.15, 0.2) is 5.82 Å². The Morgan fingerprint density at radius 1 is 1.19 bits per heavy atom. The van der Waals surface area contributed by atoms with Gasteiger partial charge in [-0.3, -0.25) is 4.98 Å². The Kier molecular flexibility index (Phi) is 3.92. The van der Waals surface area contributed by atoms with Crippen molar-refractivity contribution in [1.82, 2.24) is 20.1 Å². The number of fused-ring (bicyclic) bond motifs is 3. The molecule has 2 N–H and O–H groups in total. The lowest BCUT2D eigenvalue weighted by Gasteiger charge is -2.10. The maximum Gasteiger partial charge on any atom is 0.335 e. The molecule has 4 rings (SSSR count). The van der Waals surface area contributed by atoms with Crippen molar-refractivity contribution in [2.45, 2.75) is 19.9 Å². The van der Waals surface area contributed by atoms with Gasteiger partial charge in [-0.05, 0) is 18.2 Å². The summed E-state index contributed by atoms with van der Waals surface area (Å²) in [5, 5.41) is 18.9. The van der Waals surface area contributed by atoms with Gasteiger partial charge in [0.05, 0.1) is 17.6 Å². The normalized spacial score (nSPS) is 11.1. The number of carboxylic acids is 1. The van der Waals surface area contributed by atoms with Crippen LogP contribution in [0.1, 0.15) is 29.0 Å². The molecule has 130 valence electrons. The Morgan fingerprint density at radius 2 is 2.08 bits per heavy atom. The first-order chi connectivity index (χ1) is 12.7. The molecule has 0 saturated heterocycles. The second-order valence-electron chi connectivity index (χ2n) is 5.73. The average molecular weight is 349 g/mol. The van der Waals surface area contributed by atoms with Gasteiger partial charge in [0.25, 0.3) is 0 Å². The van der Waals surface area contributed by atoms with Crippen LogP contribution in [0.5, 0.6) is 0 Å². The van der Waals surface area contributed by atoms with Crippen molar-refractivity contribution in [3.8, 4) is 0 Å². The van der Waals surface area contributed by atoms with Gasteiger partial charge in [0.2, 0.25) is 5.89 Å². The van der Waals surface area contributed by atoms with Gasteiger partial charge in [0, 0.05) is 35.0 Å². The highest BCUT2D eigenvalue weighted by molar-refractivity contribution is 6.10. The Morgan fingerprint density at radius 3 is 2.85 bits per heavy atom. The van der Waals surface area contributed by atoms with Crippen LogP contribution >= 0.6 is 0 Å². The minimum Gasteiger partial charge on any atom is -0.478 e. The predicted octanol–water partition coefficient (Wildman–Crippen LogP) is 3.04. The number of anilines is 1. The highest BCUT2D eigenvalue weighted by Crippen LogP contribution is 2.29. The summed E-state index contributed by atoms with van der Waals surface area (Å²) in [7, 11) is 0. The van der Waals surface area contributed by atoms with Crippen molar-refractivity contribution < 1.29 is 14.4 Å². The number of nitrogens with one attached hydrogen (secondary N) is 1. The number of benzene rings is 1. The van der Waals surface area contributed by atoms with Crippen molar-refractivity contribution >= 4 is 33.5 Å². The number of pyridine rings is 2. The third-order valence-electron chi connectivity index (χ3n) is 4.08. The van der Waals surface area contributed by atoms with Crippen molar-refractivity contribution in [3.63, 3.8) is 0 Å². The van der Waals surface area contributed by atoms with Crippen LogP contribution in [0.4, 0.5) is 5.82 Å². The molecule has 8 heteroatoms. The number of hydrogen-bond acceptors (Lipinski definition) is 7. The number of rotatable bonds is 5. The van der Waals surface area contributed by atoms with Crippen molar-refractivity contribution in [2.24, 2.45) is 0 Å². The first-order valence-corrected chi connectivity index (χ1v) is 8.12. The zero-order chi connectivity index (χ0) is 18.1. The van der Waals surface area contributed by atoms with E-state index in [0.29, 0.717) is 36.0 Å². The lowest BCUT2D eigenvalue weighted by molar-refractivity contribution is 0.0697. The molecule has 1 aromatic carbocycles. The second kappa shape index (κ2) is 6.40. The van der Waals surface area contributed by atoms with Gasteiger partial charge in [0.1, 0.15) is 5.82 Å². The zero-order valence-corrected chi connectivity index (χ0v) is 13.9. The first-order valence-electron chi connectivity index (χ1n) is 8.12. The van der Waals surface area contributed by atoms with Gasteiger partial charge in [-0.15, -0.1) is 0 Å². The average Bonchev–Trinajstić information content (AvgIpc) is 3.13. The van der Waals surface area contributed by atoms with E-state index in [9.17, 15) is 9.90 Å². The summed E-state index contributed by atoms with van der Waals surface area (Å²) in [6.45, 7) is 2.27. The monoisotopic (exact) mass is 349 g/mol. The van der Waals surface area contributed by atoms with E-state index in [-0.39, 0.29) is 5.56 Å². The maximum absolute atomic E-state index is 11.3.